The van der Waals surface area contributed by atoms with Gasteiger partial charge < -0.3 is 4.57 Å². The summed E-state index contributed by atoms with van der Waals surface area (Å²) in [6.07, 6.45) is 3.40. The number of rotatable bonds is 3. The number of hydrogen-bond donors (Lipinski definition) is 0. The van der Waals surface area contributed by atoms with E-state index in [-0.39, 0.29) is 10.6 Å². The van der Waals surface area contributed by atoms with E-state index < -0.39 is 0 Å². The van der Waals surface area contributed by atoms with Crippen molar-refractivity contribution in [2.24, 2.45) is 7.05 Å². The molecule has 0 N–H and O–H groups in total. The molecule has 0 saturated heterocycles. The third-order valence-corrected chi connectivity index (χ3v) is 3.08. The molecular formula is C12H11N5O2. The van der Waals surface area contributed by atoms with Crippen molar-refractivity contribution in [2.75, 3.05) is 0 Å². The van der Waals surface area contributed by atoms with E-state index in [0.29, 0.717) is 6.54 Å². The largest absolute Gasteiger partial charge is 0.340 e. The van der Waals surface area contributed by atoms with E-state index in [1.165, 1.54) is 12.4 Å². The molecule has 3 aromatic rings. The zero-order valence-corrected chi connectivity index (χ0v) is 10.2. The Morgan fingerprint density at radius 1 is 1.37 bits per heavy atom. The molecule has 0 bridgehead atoms. The highest BCUT2D eigenvalue weighted by atomic mass is 16.6. The van der Waals surface area contributed by atoms with E-state index in [9.17, 15) is 10.1 Å². The van der Waals surface area contributed by atoms with E-state index in [4.69, 9.17) is 0 Å². The first-order chi connectivity index (χ1) is 9.15. The van der Waals surface area contributed by atoms with Crippen molar-refractivity contribution < 1.29 is 4.92 Å². The average molecular weight is 257 g/mol. The Bertz CT molecular complexity index is 758. The maximum atomic E-state index is 10.7. The van der Waals surface area contributed by atoms with Crippen molar-refractivity contribution in [3.05, 3.63) is 52.7 Å². The van der Waals surface area contributed by atoms with Gasteiger partial charge in [0.15, 0.2) is 0 Å². The molecule has 19 heavy (non-hydrogen) atoms. The molecule has 2 aromatic heterocycles. The summed E-state index contributed by atoms with van der Waals surface area (Å²) in [7, 11) is 1.83. The summed E-state index contributed by atoms with van der Waals surface area (Å²) in [6, 6.07) is 6.69. The Hall–Kier alpha value is -2.70. The van der Waals surface area contributed by atoms with Crippen LogP contribution >= 0.6 is 0 Å². The summed E-state index contributed by atoms with van der Waals surface area (Å²) >= 11 is 0. The van der Waals surface area contributed by atoms with E-state index in [2.05, 4.69) is 10.1 Å². The molecule has 3 rings (SSSR count). The Kier molecular flexibility index (Phi) is 2.52. The van der Waals surface area contributed by atoms with Crippen LogP contribution in [-0.4, -0.2) is 24.3 Å². The van der Waals surface area contributed by atoms with E-state index in [1.807, 2.05) is 23.9 Å². The SMILES string of the molecule is Cn1ncnc1Cn1ccc2cc([N+](=O)[O-])ccc21. The minimum atomic E-state index is -0.389. The van der Waals surface area contributed by atoms with Crippen molar-refractivity contribution in [3.8, 4) is 0 Å². The Labute approximate surface area is 108 Å². The van der Waals surface area contributed by atoms with Crippen molar-refractivity contribution in [1.82, 2.24) is 19.3 Å². The van der Waals surface area contributed by atoms with Gasteiger partial charge >= 0.3 is 0 Å². The highest BCUT2D eigenvalue weighted by Crippen LogP contribution is 2.22. The van der Waals surface area contributed by atoms with Crippen LogP contribution in [0.5, 0.6) is 0 Å². The molecule has 1 aromatic carbocycles. The third kappa shape index (κ3) is 1.95. The summed E-state index contributed by atoms with van der Waals surface area (Å²) in [6.45, 7) is 0.581. The molecule has 7 heteroatoms. The maximum Gasteiger partial charge on any atom is 0.270 e. The Morgan fingerprint density at radius 3 is 2.89 bits per heavy atom. The molecule has 0 aliphatic carbocycles. The van der Waals surface area contributed by atoms with Crippen LogP contribution in [0.2, 0.25) is 0 Å². The monoisotopic (exact) mass is 257 g/mol. The van der Waals surface area contributed by atoms with Gasteiger partial charge in [-0.15, -0.1) is 0 Å². The molecule has 0 radical (unpaired) electrons. The smallest absolute Gasteiger partial charge is 0.270 e. The fourth-order valence-corrected chi connectivity index (χ4v) is 2.05. The normalized spacial score (nSPS) is 11.0. The van der Waals surface area contributed by atoms with Gasteiger partial charge in [0.25, 0.3) is 5.69 Å². The summed E-state index contributed by atoms with van der Waals surface area (Å²) in [4.78, 5) is 14.5. The first kappa shape index (κ1) is 11.4. The van der Waals surface area contributed by atoms with Crippen LogP contribution in [0.1, 0.15) is 5.82 Å². The number of nitro benzene ring substituents is 1. The van der Waals surface area contributed by atoms with Crippen LogP contribution in [0.15, 0.2) is 36.8 Å². The lowest BCUT2D eigenvalue weighted by Crippen LogP contribution is -2.05. The number of hydrogen-bond acceptors (Lipinski definition) is 4. The predicted molar refractivity (Wildman–Crippen MR) is 68.7 cm³/mol. The molecule has 0 atom stereocenters. The molecule has 7 nitrogen and oxygen atoms in total. The minimum Gasteiger partial charge on any atom is -0.340 e. The zero-order valence-electron chi connectivity index (χ0n) is 10.2. The van der Waals surface area contributed by atoms with Crippen LogP contribution in [-0.2, 0) is 13.6 Å². The lowest BCUT2D eigenvalue weighted by Gasteiger charge is -2.04. The topological polar surface area (TPSA) is 78.8 Å². The second-order valence-electron chi connectivity index (χ2n) is 4.24. The molecule has 0 fully saturated rings. The highest BCUT2D eigenvalue weighted by molar-refractivity contribution is 5.82. The van der Waals surface area contributed by atoms with Crippen molar-refractivity contribution >= 4 is 16.6 Å². The average Bonchev–Trinajstić information content (AvgIpc) is 2.97. The van der Waals surface area contributed by atoms with Crippen molar-refractivity contribution in [2.45, 2.75) is 6.54 Å². The summed E-state index contributed by atoms with van der Waals surface area (Å²) in [5.41, 5.74) is 1.04. The molecule has 0 unspecified atom stereocenters. The minimum absolute atomic E-state index is 0.101. The van der Waals surface area contributed by atoms with E-state index in [1.54, 1.807) is 16.8 Å². The van der Waals surface area contributed by atoms with Crippen LogP contribution in [0, 0.1) is 10.1 Å². The number of fused-ring (bicyclic) bond motifs is 1. The molecule has 0 amide bonds. The second-order valence-corrected chi connectivity index (χ2v) is 4.24. The summed E-state index contributed by atoms with van der Waals surface area (Å²) in [5.74, 6) is 0.829. The summed E-state index contributed by atoms with van der Waals surface area (Å²) in [5, 5.41) is 15.6. The number of non-ortho nitro benzene ring substituents is 1. The fourth-order valence-electron chi connectivity index (χ4n) is 2.05. The first-order valence-electron chi connectivity index (χ1n) is 5.71. The second kappa shape index (κ2) is 4.20. The van der Waals surface area contributed by atoms with Crippen LogP contribution in [0.25, 0.3) is 10.9 Å². The number of aryl methyl sites for hydroxylation is 1. The van der Waals surface area contributed by atoms with Gasteiger partial charge in [-0.25, -0.2) is 4.98 Å². The summed E-state index contributed by atoms with van der Waals surface area (Å²) < 4.78 is 3.69. The van der Waals surface area contributed by atoms with Gasteiger partial charge in [-0.1, -0.05) is 0 Å². The molecular weight excluding hydrogens is 246 g/mol. The zero-order chi connectivity index (χ0) is 13.4. The molecule has 0 saturated carbocycles. The van der Waals surface area contributed by atoms with Gasteiger partial charge in [0.05, 0.1) is 11.5 Å². The van der Waals surface area contributed by atoms with Gasteiger partial charge in [-0.2, -0.15) is 5.10 Å². The molecule has 0 aliphatic rings. The third-order valence-electron chi connectivity index (χ3n) is 3.08. The Balaban J connectivity index is 2.02. The van der Waals surface area contributed by atoms with Crippen LogP contribution < -0.4 is 0 Å². The van der Waals surface area contributed by atoms with Gasteiger partial charge in [0.1, 0.15) is 12.2 Å². The standard InChI is InChI=1S/C12H11N5O2/c1-15-12(13-8-14-15)7-16-5-4-9-6-10(17(18)19)2-3-11(9)16/h2-6,8H,7H2,1H3. The number of aromatic nitrogens is 4. The lowest BCUT2D eigenvalue weighted by atomic mass is 10.2. The first-order valence-corrected chi connectivity index (χ1v) is 5.71. The van der Waals surface area contributed by atoms with Crippen molar-refractivity contribution in [1.29, 1.82) is 0 Å². The number of nitrogens with zero attached hydrogens (tertiary/aromatic N) is 5. The van der Waals surface area contributed by atoms with E-state index in [0.717, 1.165) is 16.7 Å². The molecule has 2 heterocycles. The van der Waals surface area contributed by atoms with Gasteiger partial charge in [0, 0.05) is 36.3 Å². The highest BCUT2D eigenvalue weighted by Gasteiger charge is 2.10. The lowest BCUT2D eigenvalue weighted by molar-refractivity contribution is -0.384. The molecule has 96 valence electrons. The molecule has 0 aliphatic heterocycles. The quantitative estimate of drug-likeness (QED) is 0.528. The van der Waals surface area contributed by atoms with Gasteiger partial charge in [-0.05, 0) is 12.1 Å². The number of nitro groups is 1. The van der Waals surface area contributed by atoms with Gasteiger partial charge in [0.2, 0.25) is 0 Å². The van der Waals surface area contributed by atoms with Crippen molar-refractivity contribution in [3.63, 3.8) is 0 Å². The number of benzene rings is 1. The van der Waals surface area contributed by atoms with Gasteiger partial charge in [-0.3, -0.25) is 14.8 Å². The molecule has 0 spiro atoms. The van der Waals surface area contributed by atoms with E-state index >= 15 is 0 Å². The Morgan fingerprint density at radius 2 is 2.21 bits per heavy atom. The predicted octanol–water partition coefficient (Wildman–Crippen LogP) is 1.73. The maximum absolute atomic E-state index is 10.7. The van der Waals surface area contributed by atoms with Crippen LogP contribution in [0.3, 0.4) is 0 Å². The van der Waals surface area contributed by atoms with Crippen LogP contribution in [0.4, 0.5) is 5.69 Å². The fraction of sp³-hybridized carbons (Fsp3) is 0.167.